The smallest absolute Gasteiger partial charge is 0.263 e. The summed E-state index contributed by atoms with van der Waals surface area (Å²) in [5.41, 5.74) is 6.26. The molecule has 1 aliphatic heterocycles. The number of likely N-dealkylation sites (tertiary alicyclic amines) is 1. The summed E-state index contributed by atoms with van der Waals surface area (Å²) < 4.78 is 0. The van der Waals surface area contributed by atoms with Crippen LogP contribution in [-0.2, 0) is 4.79 Å². The van der Waals surface area contributed by atoms with Crippen LogP contribution in [0.2, 0.25) is 0 Å². The Labute approximate surface area is 127 Å². The van der Waals surface area contributed by atoms with Crippen LogP contribution in [0.5, 0.6) is 0 Å². The van der Waals surface area contributed by atoms with E-state index in [1.54, 1.807) is 4.90 Å². The molecule has 0 bridgehead atoms. The van der Waals surface area contributed by atoms with Crippen LogP contribution >= 0.6 is 11.3 Å². The van der Waals surface area contributed by atoms with Gasteiger partial charge in [0.2, 0.25) is 5.91 Å². The Kier molecular flexibility index (Phi) is 4.99. The van der Waals surface area contributed by atoms with Crippen LogP contribution in [0.25, 0.3) is 0 Å². The van der Waals surface area contributed by atoms with Crippen LogP contribution in [0, 0.1) is 24.7 Å². The topological polar surface area (TPSA) is 83.6 Å². The summed E-state index contributed by atoms with van der Waals surface area (Å²) in [5.74, 6) is 4.76. The van der Waals surface area contributed by atoms with Crippen molar-refractivity contribution in [3.63, 3.8) is 0 Å². The van der Waals surface area contributed by atoms with Gasteiger partial charge in [-0.2, -0.15) is 0 Å². The van der Waals surface area contributed by atoms with Crippen LogP contribution in [0.1, 0.15) is 33.0 Å². The van der Waals surface area contributed by atoms with Crippen molar-refractivity contribution in [1.29, 1.82) is 0 Å². The zero-order chi connectivity index (χ0) is 15.4. The summed E-state index contributed by atoms with van der Waals surface area (Å²) in [6.07, 6.45) is 1.54. The number of rotatable bonds is 2. The molecule has 21 heavy (non-hydrogen) atoms. The minimum absolute atomic E-state index is 0.0777. The highest BCUT2D eigenvalue weighted by Crippen LogP contribution is 2.25. The number of carbonyl (C=O) groups excluding carboxylic acids is 2. The van der Waals surface area contributed by atoms with Crippen molar-refractivity contribution in [3.05, 3.63) is 21.4 Å². The monoisotopic (exact) mass is 306 g/mol. The normalized spacial score (nSPS) is 18.0. The molecule has 1 atom stereocenters. The molecule has 1 fully saturated rings. The summed E-state index contributed by atoms with van der Waals surface area (Å²) in [6, 6.07) is 1.81. The van der Waals surface area contributed by atoms with Gasteiger partial charge in [0.05, 0.1) is 15.7 Å². The summed E-state index contributed by atoms with van der Waals surface area (Å²) >= 11 is 1.32. The number of amides is 2. The Morgan fingerprint density at radius 1 is 1.57 bits per heavy atom. The second-order valence-electron chi connectivity index (χ2n) is 5.08. The molecule has 0 aliphatic carbocycles. The van der Waals surface area contributed by atoms with E-state index in [9.17, 15) is 9.59 Å². The Hall–Kier alpha value is -1.84. The molecule has 2 rings (SSSR count). The minimum atomic E-state index is -0.343. The Balaban J connectivity index is 2.14. The molecule has 6 heteroatoms. The van der Waals surface area contributed by atoms with Crippen LogP contribution in [0.3, 0.4) is 0 Å². The van der Waals surface area contributed by atoms with Crippen molar-refractivity contribution in [1.82, 2.24) is 4.90 Å². The molecule has 112 valence electrons. The van der Waals surface area contributed by atoms with Gasteiger partial charge >= 0.3 is 0 Å². The van der Waals surface area contributed by atoms with Crippen LogP contribution < -0.4 is 5.73 Å². The van der Waals surface area contributed by atoms with Gasteiger partial charge in [0.25, 0.3) is 5.91 Å². The first-order valence-corrected chi connectivity index (χ1v) is 7.63. The van der Waals surface area contributed by atoms with Crippen molar-refractivity contribution < 1.29 is 14.7 Å². The quantitative estimate of drug-likeness (QED) is 0.790. The molecule has 1 aromatic heterocycles. The number of piperidine rings is 1. The van der Waals surface area contributed by atoms with E-state index in [1.165, 1.54) is 11.3 Å². The Morgan fingerprint density at radius 2 is 2.33 bits per heavy atom. The fraction of sp³-hybridized carbons (Fsp3) is 0.467. The lowest BCUT2D eigenvalue weighted by atomic mass is 9.97. The number of nitrogens with zero attached hydrogens (tertiary/aromatic N) is 1. The average Bonchev–Trinajstić information content (AvgIpc) is 2.85. The zero-order valence-corrected chi connectivity index (χ0v) is 12.7. The molecule has 2 heterocycles. The van der Waals surface area contributed by atoms with Gasteiger partial charge in [0.15, 0.2) is 0 Å². The highest BCUT2D eigenvalue weighted by Gasteiger charge is 2.28. The first kappa shape index (κ1) is 15.5. The van der Waals surface area contributed by atoms with E-state index in [0.29, 0.717) is 18.0 Å². The highest BCUT2D eigenvalue weighted by molar-refractivity contribution is 7.14. The molecular weight excluding hydrogens is 288 g/mol. The third kappa shape index (κ3) is 3.63. The van der Waals surface area contributed by atoms with Crippen molar-refractivity contribution >= 4 is 23.2 Å². The minimum Gasteiger partial charge on any atom is -0.384 e. The summed E-state index contributed by atoms with van der Waals surface area (Å²) in [6.45, 7) is 2.73. The average molecular weight is 306 g/mol. The van der Waals surface area contributed by atoms with Gasteiger partial charge in [-0.15, -0.1) is 11.3 Å². The maximum atomic E-state index is 12.5. The largest absolute Gasteiger partial charge is 0.384 e. The fourth-order valence-electron chi connectivity index (χ4n) is 2.38. The van der Waals surface area contributed by atoms with Gasteiger partial charge in [-0.05, 0) is 31.4 Å². The van der Waals surface area contributed by atoms with Crippen LogP contribution in [-0.4, -0.2) is 41.5 Å². The number of aliphatic hydroxyl groups excluding tert-OH is 1. The first-order chi connectivity index (χ1) is 10.0. The molecule has 1 aliphatic rings. The lowest BCUT2D eigenvalue weighted by Crippen LogP contribution is -2.43. The number of carbonyl (C=O) groups is 2. The highest BCUT2D eigenvalue weighted by atomic mass is 32.1. The number of aliphatic hydroxyl groups is 1. The predicted molar refractivity (Wildman–Crippen MR) is 80.8 cm³/mol. The molecule has 0 spiro atoms. The number of nitrogens with two attached hydrogens (primary N) is 1. The number of hydrogen-bond acceptors (Lipinski definition) is 4. The van der Waals surface area contributed by atoms with Gasteiger partial charge in [0, 0.05) is 13.1 Å². The molecule has 1 saturated heterocycles. The maximum Gasteiger partial charge on any atom is 0.263 e. The molecule has 2 amide bonds. The number of primary amides is 1. The number of hydrogen-bond donors (Lipinski definition) is 2. The van der Waals surface area contributed by atoms with E-state index in [4.69, 9.17) is 10.8 Å². The standard InChI is InChI=1S/C15H18N2O3S/c1-10-8-13(21-12(10)5-3-7-18)15(20)17-6-2-4-11(9-17)14(16)19/h8,11,18H,2,4,6-7,9H2,1H3,(H2,16,19). The van der Waals surface area contributed by atoms with E-state index in [0.717, 1.165) is 23.3 Å². The Morgan fingerprint density at radius 3 is 3.00 bits per heavy atom. The van der Waals surface area contributed by atoms with Crippen LogP contribution in [0.15, 0.2) is 6.07 Å². The van der Waals surface area contributed by atoms with Gasteiger partial charge in [-0.25, -0.2) is 0 Å². The third-order valence-electron chi connectivity index (χ3n) is 3.52. The molecule has 1 unspecified atom stereocenters. The van der Waals surface area contributed by atoms with E-state index >= 15 is 0 Å². The van der Waals surface area contributed by atoms with Gasteiger partial charge in [-0.1, -0.05) is 11.8 Å². The molecular formula is C15H18N2O3S. The van der Waals surface area contributed by atoms with Crippen molar-refractivity contribution in [3.8, 4) is 11.8 Å². The van der Waals surface area contributed by atoms with Gasteiger partial charge in [-0.3, -0.25) is 9.59 Å². The third-order valence-corrected chi connectivity index (χ3v) is 4.66. The zero-order valence-electron chi connectivity index (χ0n) is 11.9. The fourth-order valence-corrected chi connectivity index (χ4v) is 3.40. The Bertz CT molecular complexity index is 612. The molecule has 0 aromatic carbocycles. The molecule has 5 nitrogen and oxygen atoms in total. The molecule has 3 N–H and O–H groups in total. The summed E-state index contributed by atoms with van der Waals surface area (Å²) in [4.78, 5) is 26.9. The summed E-state index contributed by atoms with van der Waals surface area (Å²) in [5, 5.41) is 8.73. The van der Waals surface area contributed by atoms with E-state index in [2.05, 4.69) is 11.8 Å². The van der Waals surface area contributed by atoms with E-state index in [-0.39, 0.29) is 24.3 Å². The van der Waals surface area contributed by atoms with E-state index < -0.39 is 0 Å². The molecule has 1 aromatic rings. The van der Waals surface area contributed by atoms with Crippen molar-refractivity contribution in [2.45, 2.75) is 19.8 Å². The van der Waals surface area contributed by atoms with Crippen molar-refractivity contribution in [2.24, 2.45) is 11.7 Å². The van der Waals surface area contributed by atoms with Gasteiger partial charge in [0.1, 0.15) is 6.61 Å². The van der Waals surface area contributed by atoms with Gasteiger partial charge < -0.3 is 15.7 Å². The second-order valence-corrected chi connectivity index (χ2v) is 6.13. The van der Waals surface area contributed by atoms with Crippen molar-refractivity contribution in [2.75, 3.05) is 19.7 Å². The number of thiophene rings is 1. The SMILES string of the molecule is Cc1cc(C(=O)N2CCCC(C(N)=O)C2)sc1C#CCO. The second kappa shape index (κ2) is 6.74. The van der Waals surface area contributed by atoms with Crippen LogP contribution in [0.4, 0.5) is 0 Å². The van der Waals surface area contributed by atoms with E-state index in [1.807, 2.05) is 13.0 Å². The lowest BCUT2D eigenvalue weighted by Gasteiger charge is -2.30. The first-order valence-electron chi connectivity index (χ1n) is 6.81. The lowest BCUT2D eigenvalue weighted by molar-refractivity contribution is -0.123. The molecule has 0 radical (unpaired) electrons. The molecule has 0 saturated carbocycles. The predicted octanol–water partition coefficient (Wildman–Crippen LogP) is 0.738. The maximum absolute atomic E-state index is 12.5. The summed E-state index contributed by atoms with van der Waals surface area (Å²) in [7, 11) is 0. The number of aryl methyl sites for hydroxylation is 1.